The van der Waals surface area contributed by atoms with Crippen LogP contribution in [-0.2, 0) is 11.3 Å². The number of hydrogen-bond donors (Lipinski definition) is 0. The van der Waals surface area contributed by atoms with Crippen LogP contribution < -0.4 is 5.63 Å². The Labute approximate surface area is 145 Å². The lowest BCUT2D eigenvalue weighted by molar-refractivity contribution is 0.0467. The largest absolute Gasteiger partial charge is 0.456 e. The molecule has 2 heterocycles. The van der Waals surface area contributed by atoms with Gasteiger partial charge in [0.2, 0.25) is 0 Å². The summed E-state index contributed by atoms with van der Waals surface area (Å²) in [6.45, 7) is 6.18. The molecular weight excluding hydrogens is 318 g/mol. The first kappa shape index (κ1) is 16.9. The number of fused-ring (bicyclic) bond motifs is 1. The average Bonchev–Trinajstić information content (AvgIpc) is 2.59. The van der Waals surface area contributed by atoms with E-state index in [1.54, 1.807) is 18.2 Å². The lowest BCUT2D eigenvalue weighted by atomic mass is 9.95. The summed E-state index contributed by atoms with van der Waals surface area (Å²) in [5, 5.41) is 0.780. The molecule has 0 unspecified atom stereocenters. The van der Waals surface area contributed by atoms with Crippen molar-refractivity contribution in [3.63, 3.8) is 0 Å². The molecule has 0 N–H and O–H groups in total. The summed E-state index contributed by atoms with van der Waals surface area (Å²) >= 11 is 0. The van der Waals surface area contributed by atoms with Gasteiger partial charge in [-0.05, 0) is 48.2 Å². The fourth-order valence-electron chi connectivity index (χ4n) is 2.83. The Bertz CT molecular complexity index is 974. The van der Waals surface area contributed by atoms with Gasteiger partial charge in [0.25, 0.3) is 0 Å². The summed E-state index contributed by atoms with van der Waals surface area (Å²) in [7, 11) is 0. The fourth-order valence-corrected chi connectivity index (χ4v) is 2.83. The molecule has 5 heteroatoms. The topological polar surface area (TPSA) is 69.4 Å². The number of aromatic nitrogens is 1. The SMILES string of the molecule is Cc1cc2oc(=O)cc(COC(=O)c3ccccn3)c2cc1C(C)C. The number of hydrogen-bond acceptors (Lipinski definition) is 5. The molecule has 3 aromatic rings. The van der Waals surface area contributed by atoms with Crippen molar-refractivity contribution in [1.29, 1.82) is 0 Å². The van der Waals surface area contributed by atoms with Crippen LogP contribution in [0, 0.1) is 6.92 Å². The summed E-state index contributed by atoms with van der Waals surface area (Å²) in [5.74, 6) is -0.196. The fraction of sp³-hybridized carbons (Fsp3) is 0.250. The molecule has 0 fully saturated rings. The third-order valence-electron chi connectivity index (χ3n) is 4.07. The van der Waals surface area contributed by atoms with E-state index in [0.29, 0.717) is 17.1 Å². The number of benzene rings is 1. The Balaban J connectivity index is 1.96. The highest BCUT2D eigenvalue weighted by Crippen LogP contribution is 2.27. The van der Waals surface area contributed by atoms with Gasteiger partial charge in [0.15, 0.2) is 0 Å². The lowest BCUT2D eigenvalue weighted by Gasteiger charge is -2.13. The normalized spacial score (nSPS) is 11.0. The lowest BCUT2D eigenvalue weighted by Crippen LogP contribution is -2.09. The van der Waals surface area contributed by atoms with Gasteiger partial charge in [-0.3, -0.25) is 0 Å². The summed E-state index contributed by atoms with van der Waals surface area (Å²) in [6.07, 6.45) is 1.53. The molecule has 0 radical (unpaired) electrons. The van der Waals surface area contributed by atoms with Crippen LogP contribution in [0.4, 0.5) is 0 Å². The number of pyridine rings is 1. The number of carbonyl (C=O) groups excluding carboxylic acids is 1. The van der Waals surface area contributed by atoms with Crippen molar-refractivity contribution in [3.8, 4) is 0 Å². The Morgan fingerprint density at radius 1 is 1.24 bits per heavy atom. The maximum Gasteiger partial charge on any atom is 0.357 e. The number of esters is 1. The van der Waals surface area contributed by atoms with Crippen LogP contribution in [0.1, 0.15) is 46.9 Å². The Morgan fingerprint density at radius 2 is 2.04 bits per heavy atom. The molecule has 0 spiro atoms. The minimum absolute atomic E-state index is 0.0158. The molecule has 25 heavy (non-hydrogen) atoms. The standard InChI is InChI=1S/C20H19NO4/c1-12(2)15-10-16-14(9-19(22)25-18(16)8-13(15)3)11-24-20(23)17-6-4-5-7-21-17/h4-10,12H,11H2,1-3H3. The highest BCUT2D eigenvalue weighted by atomic mass is 16.5. The van der Waals surface area contributed by atoms with Crippen LogP contribution in [0.3, 0.4) is 0 Å². The third-order valence-corrected chi connectivity index (χ3v) is 4.07. The Morgan fingerprint density at radius 3 is 2.72 bits per heavy atom. The maximum absolute atomic E-state index is 12.1. The van der Waals surface area contributed by atoms with E-state index in [-0.39, 0.29) is 12.3 Å². The first-order chi connectivity index (χ1) is 12.0. The van der Waals surface area contributed by atoms with Gasteiger partial charge >= 0.3 is 11.6 Å². The van der Waals surface area contributed by atoms with Crippen molar-refractivity contribution in [2.75, 3.05) is 0 Å². The molecule has 0 atom stereocenters. The zero-order valence-corrected chi connectivity index (χ0v) is 14.4. The van der Waals surface area contributed by atoms with E-state index in [1.807, 2.05) is 19.1 Å². The van der Waals surface area contributed by atoms with Crippen molar-refractivity contribution in [1.82, 2.24) is 4.98 Å². The van der Waals surface area contributed by atoms with Gasteiger partial charge in [-0.2, -0.15) is 0 Å². The number of carbonyl (C=O) groups is 1. The van der Waals surface area contributed by atoms with Crippen molar-refractivity contribution >= 4 is 16.9 Å². The Hall–Kier alpha value is -2.95. The van der Waals surface area contributed by atoms with Gasteiger partial charge in [-0.25, -0.2) is 14.6 Å². The van der Waals surface area contributed by atoms with Crippen molar-refractivity contribution < 1.29 is 13.9 Å². The van der Waals surface area contributed by atoms with E-state index in [4.69, 9.17) is 9.15 Å². The minimum Gasteiger partial charge on any atom is -0.456 e. The molecule has 0 aliphatic heterocycles. The monoisotopic (exact) mass is 337 g/mol. The summed E-state index contributed by atoms with van der Waals surface area (Å²) in [5.41, 5.74) is 3.12. The Kier molecular flexibility index (Phi) is 4.65. The van der Waals surface area contributed by atoms with Crippen LogP contribution in [0.5, 0.6) is 0 Å². The maximum atomic E-state index is 12.1. The molecule has 0 aliphatic rings. The van der Waals surface area contributed by atoms with Gasteiger partial charge in [0.05, 0.1) is 0 Å². The second kappa shape index (κ2) is 6.89. The minimum atomic E-state index is -0.529. The van der Waals surface area contributed by atoms with E-state index in [1.165, 1.54) is 17.8 Å². The van der Waals surface area contributed by atoms with E-state index < -0.39 is 11.6 Å². The number of ether oxygens (including phenoxy) is 1. The third kappa shape index (κ3) is 3.60. The molecule has 0 bridgehead atoms. The van der Waals surface area contributed by atoms with E-state index in [0.717, 1.165) is 10.9 Å². The molecular formula is C20H19NO4. The second-order valence-electron chi connectivity index (χ2n) is 6.24. The van der Waals surface area contributed by atoms with Crippen LogP contribution in [0.25, 0.3) is 11.0 Å². The van der Waals surface area contributed by atoms with Crippen LogP contribution in [0.2, 0.25) is 0 Å². The zero-order valence-electron chi connectivity index (χ0n) is 14.4. The molecule has 0 amide bonds. The highest BCUT2D eigenvalue weighted by Gasteiger charge is 2.14. The summed E-state index contributed by atoms with van der Waals surface area (Å²) in [4.78, 5) is 27.9. The molecule has 5 nitrogen and oxygen atoms in total. The van der Waals surface area contributed by atoms with Crippen LogP contribution >= 0.6 is 0 Å². The molecule has 0 aliphatic carbocycles. The molecule has 3 rings (SSSR count). The first-order valence-electron chi connectivity index (χ1n) is 8.11. The number of rotatable bonds is 4. The first-order valence-corrected chi connectivity index (χ1v) is 8.11. The predicted molar refractivity (Wildman–Crippen MR) is 94.7 cm³/mol. The van der Waals surface area contributed by atoms with Gasteiger partial charge in [-0.1, -0.05) is 19.9 Å². The van der Waals surface area contributed by atoms with Crippen molar-refractivity contribution in [2.24, 2.45) is 0 Å². The van der Waals surface area contributed by atoms with E-state index in [2.05, 4.69) is 18.8 Å². The average molecular weight is 337 g/mol. The second-order valence-corrected chi connectivity index (χ2v) is 6.24. The van der Waals surface area contributed by atoms with E-state index >= 15 is 0 Å². The van der Waals surface area contributed by atoms with Gasteiger partial charge in [0.1, 0.15) is 17.9 Å². The smallest absolute Gasteiger partial charge is 0.357 e. The molecule has 0 saturated carbocycles. The highest BCUT2D eigenvalue weighted by molar-refractivity contribution is 5.87. The zero-order chi connectivity index (χ0) is 18.0. The van der Waals surface area contributed by atoms with Crippen LogP contribution in [-0.4, -0.2) is 11.0 Å². The van der Waals surface area contributed by atoms with Gasteiger partial charge in [-0.15, -0.1) is 0 Å². The molecule has 0 saturated heterocycles. The summed E-state index contributed by atoms with van der Waals surface area (Å²) < 4.78 is 10.6. The molecule has 128 valence electrons. The van der Waals surface area contributed by atoms with Crippen molar-refractivity contribution in [3.05, 3.63) is 75.4 Å². The number of aryl methyl sites for hydroxylation is 1. The van der Waals surface area contributed by atoms with Gasteiger partial charge in [0, 0.05) is 23.2 Å². The quantitative estimate of drug-likeness (QED) is 0.532. The molecule has 1 aromatic carbocycles. The van der Waals surface area contributed by atoms with Gasteiger partial charge < -0.3 is 9.15 Å². The predicted octanol–water partition coefficient (Wildman–Crippen LogP) is 3.98. The van der Waals surface area contributed by atoms with Crippen molar-refractivity contribution in [2.45, 2.75) is 33.3 Å². The summed E-state index contributed by atoms with van der Waals surface area (Å²) in [6, 6.07) is 10.3. The van der Waals surface area contributed by atoms with Crippen LogP contribution in [0.15, 0.2) is 51.8 Å². The molecule has 2 aromatic heterocycles. The van der Waals surface area contributed by atoms with E-state index in [9.17, 15) is 9.59 Å². The number of nitrogens with zero attached hydrogens (tertiary/aromatic N) is 1.